The summed E-state index contributed by atoms with van der Waals surface area (Å²) in [5.41, 5.74) is 0. The lowest BCUT2D eigenvalue weighted by Gasteiger charge is -2.23. The van der Waals surface area contributed by atoms with Gasteiger partial charge in [-0.1, -0.05) is 0 Å². The van der Waals surface area contributed by atoms with Gasteiger partial charge in [0.05, 0.1) is 40.0 Å². The van der Waals surface area contributed by atoms with Gasteiger partial charge in [0.2, 0.25) is 0 Å². The van der Waals surface area contributed by atoms with E-state index in [1.54, 1.807) is 21.1 Å². The van der Waals surface area contributed by atoms with Gasteiger partial charge in [-0.3, -0.25) is 4.99 Å². The van der Waals surface area contributed by atoms with Crippen molar-refractivity contribution in [2.45, 2.75) is 6.92 Å². The van der Waals surface area contributed by atoms with Crippen LogP contribution in [0.2, 0.25) is 0 Å². The van der Waals surface area contributed by atoms with E-state index in [0.717, 1.165) is 19.6 Å². The molecule has 0 aromatic heterocycles. The van der Waals surface area contributed by atoms with Crippen LogP contribution in [-0.4, -0.2) is 69.0 Å². The van der Waals surface area contributed by atoms with E-state index in [9.17, 15) is 9.90 Å². The lowest BCUT2D eigenvalue weighted by Crippen LogP contribution is -2.45. The maximum Gasteiger partial charge on any atom is 0.118 e. The van der Waals surface area contributed by atoms with Gasteiger partial charge in [0.25, 0.3) is 0 Å². The summed E-state index contributed by atoms with van der Waals surface area (Å²) in [5, 5.41) is 9.89. The number of hydrogen-bond acceptors (Lipinski definition) is 4. The van der Waals surface area contributed by atoms with Crippen LogP contribution in [0.1, 0.15) is 6.92 Å². The normalized spacial score (nSPS) is 14.8. The van der Waals surface area contributed by atoms with Crippen LogP contribution in [0.15, 0.2) is 4.99 Å². The molecule has 0 radical (unpaired) electrons. The molecule has 0 aromatic rings. The lowest BCUT2D eigenvalue weighted by molar-refractivity contribution is -0.864. The fourth-order valence-electron chi connectivity index (χ4n) is 1.04. The van der Waals surface area contributed by atoms with Gasteiger partial charge in [-0.2, -0.15) is 0 Å². The second-order valence-electron chi connectivity index (χ2n) is 4.47. The summed E-state index contributed by atoms with van der Waals surface area (Å²) in [6, 6.07) is 0. The summed E-state index contributed by atoms with van der Waals surface area (Å²) >= 11 is 0. The summed E-state index contributed by atoms with van der Waals surface area (Å²) < 4.78 is 0.419. The quantitative estimate of drug-likeness (QED) is 0.555. The second kappa shape index (κ2) is 6.40. The standard InChI is InChI=1S/C5H10N2.C5H11NO2/c1-2-7-4-3-6-5-7;1-6(2,3)4-5(7)8/h5H,2-4H2,1H3;4H2,1-3H3. The molecule has 88 valence electrons. The molecule has 1 aliphatic heterocycles. The molecular formula is C10H21N3O2. The minimum atomic E-state index is -1.00. The molecule has 0 N–H and O–H groups in total. The molecule has 0 aliphatic carbocycles. The molecular weight excluding hydrogens is 194 g/mol. The van der Waals surface area contributed by atoms with Gasteiger partial charge in [-0.15, -0.1) is 0 Å². The summed E-state index contributed by atoms with van der Waals surface area (Å²) in [7, 11) is 5.40. The Morgan fingerprint density at radius 2 is 2.13 bits per heavy atom. The van der Waals surface area contributed by atoms with E-state index in [1.165, 1.54) is 0 Å². The largest absolute Gasteiger partial charge is 0.544 e. The van der Waals surface area contributed by atoms with Crippen LogP contribution in [0.3, 0.4) is 0 Å². The maximum absolute atomic E-state index is 9.89. The number of likely N-dealkylation sites (N-methyl/N-ethyl adjacent to an activating group) is 2. The number of hydrogen-bond donors (Lipinski definition) is 0. The van der Waals surface area contributed by atoms with Crippen molar-refractivity contribution >= 4 is 12.3 Å². The zero-order valence-corrected chi connectivity index (χ0v) is 10.1. The molecule has 15 heavy (non-hydrogen) atoms. The Morgan fingerprint density at radius 1 is 1.53 bits per heavy atom. The van der Waals surface area contributed by atoms with E-state index < -0.39 is 5.97 Å². The summed E-state index contributed by atoms with van der Waals surface area (Å²) in [6.45, 7) is 5.42. The predicted octanol–water partition coefficient (Wildman–Crippen LogP) is -1.21. The van der Waals surface area contributed by atoms with Gasteiger partial charge in [0.1, 0.15) is 6.54 Å². The van der Waals surface area contributed by atoms with Crippen LogP contribution in [0.4, 0.5) is 0 Å². The molecule has 1 aliphatic rings. The molecule has 5 nitrogen and oxygen atoms in total. The number of carboxylic acids is 1. The van der Waals surface area contributed by atoms with Gasteiger partial charge in [-0.05, 0) is 6.92 Å². The Labute approximate surface area is 91.6 Å². The number of quaternary nitrogens is 1. The third-order valence-electron chi connectivity index (χ3n) is 1.77. The molecule has 0 bridgehead atoms. The smallest absolute Gasteiger partial charge is 0.118 e. The highest BCUT2D eigenvalue weighted by atomic mass is 16.4. The zero-order chi connectivity index (χ0) is 11.9. The first-order chi connectivity index (χ1) is 6.85. The van der Waals surface area contributed by atoms with Crippen LogP contribution < -0.4 is 5.11 Å². The van der Waals surface area contributed by atoms with E-state index in [1.807, 2.05) is 6.34 Å². The molecule has 0 fully saturated rings. The number of aliphatic carboxylic acids is 1. The average molecular weight is 215 g/mol. The van der Waals surface area contributed by atoms with E-state index in [2.05, 4.69) is 16.8 Å². The molecule has 0 saturated heterocycles. The third-order valence-corrected chi connectivity index (χ3v) is 1.77. The average Bonchev–Trinajstić information content (AvgIpc) is 2.51. The van der Waals surface area contributed by atoms with Crippen molar-refractivity contribution in [3.8, 4) is 0 Å². The Kier molecular flexibility index (Phi) is 5.93. The van der Waals surface area contributed by atoms with Crippen LogP contribution in [-0.2, 0) is 4.79 Å². The Balaban J connectivity index is 0.000000262. The first kappa shape index (κ1) is 13.9. The molecule has 0 atom stereocenters. The van der Waals surface area contributed by atoms with Gasteiger partial charge < -0.3 is 19.3 Å². The Morgan fingerprint density at radius 3 is 2.27 bits per heavy atom. The first-order valence-electron chi connectivity index (χ1n) is 5.09. The molecule has 0 spiro atoms. The number of carboxylic acid groups (broad SMARTS) is 1. The van der Waals surface area contributed by atoms with Gasteiger partial charge in [-0.25, -0.2) is 0 Å². The number of aliphatic imine (C=N–C) groups is 1. The Hall–Kier alpha value is -1.10. The van der Waals surface area contributed by atoms with Gasteiger partial charge in [0, 0.05) is 13.1 Å². The molecule has 0 saturated carbocycles. The van der Waals surface area contributed by atoms with Crippen molar-refractivity contribution in [2.75, 3.05) is 47.3 Å². The number of nitrogens with zero attached hydrogens (tertiary/aromatic N) is 3. The van der Waals surface area contributed by atoms with Crippen LogP contribution in [0.5, 0.6) is 0 Å². The van der Waals surface area contributed by atoms with E-state index in [-0.39, 0.29) is 6.54 Å². The van der Waals surface area contributed by atoms with Gasteiger partial charge in [0.15, 0.2) is 0 Å². The fourth-order valence-corrected chi connectivity index (χ4v) is 1.04. The van der Waals surface area contributed by atoms with Crippen molar-refractivity contribution < 1.29 is 14.4 Å². The van der Waals surface area contributed by atoms with Crippen LogP contribution in [0.25, 0.3) is 0 Å². The molecule has 1 rings (SSSR count). The maximum atomic E-state index is 9.89. The minimum absolute atomic E-state index is 0.0694. The Bertz CT molecular complexity index is 221. The van der Waals surface area contributed by atoms with E-state index in [4.69, 9.17) is 0 Å². The molecule has 1 heterocycles. The van der Waals surface area contributed by atoms with E-state index >= 15 is 0 Å². The first-order valence-corrected chi connectivity index (χ1v) is 5.09. The van der Waals surface area contributed by atoms with Gasteiger partial charge >= 0.3 is 0 Å². The third kappa shape index (κ3) is 9.21. The highest BCUT2D eigenvalue weighted by Crippen LogP contribution is 1.89. The fraction of sp³-hybridized carbons (Fsp3) is 0.800. The molecule has 0 amide bonds. The van der Waals surface area contributed by atoms with Crippen molar-refractivity contribution in [1.82, 2.24) is 4.90 Å². The highest BCUT2D eigenvalue weighted by Gasteiger charge is 2.04. The van der Waals surface area contributed by atoms with Crippen LogP contribution in [0, 0.1) is 0 Å². The monoisotopic (exact) mass is 215 g/mol. The molecule has 0 unspecified atom stereocenters. The van der Waals surface area contributed by atoms with Crippen molar-refractivity contribution in [1.29, 1.82) is 0 Å². The summed E-state index contributed by atoms with van der Waals surface area (Å²) in [6.07, 6.45) is 1.92. The second-order valence-corrected chi connectivity index (χ2v) is 4.47. The van der Waals surface area contributed by atoms with Crippen molar-refractivity contribution in [2.24, 2.45) is 4.99 Å². The van der Waals surface area contributed by atoms with Crippen molar-refractivity contribution in [3.05, 3.63) is 0 Å². The lowest BCUT2D eigenvalue weighted by atomic mass is 10.5. The topological polar surface area (TPSA) is 55.7 Å². The van der Waals surface area contributed by atoms with E-state index in [0.29, 0.717) is 4.48 Å². The zero-order valence-electron chi connectivity index (χ0n) is 10.1. The SMILES string of the molecule is CCN1C=NCC1.C[N+](C)(C)CC(=O)[O-]. The summed E-state index contributed by atoms with van der Waals surface area (Å²) in [4.78, 5) is 16.1. The van der Waals surface area contributed by atoms with Crippen LogP contribution >= 0.6 is 0 Å². The van der Waals surface area contributed by atoms with Crippen molar-refractivity contribution in [3.63, 3.8) is 0 Å². The molecule has 5 heteroatoms. The number of carbonyl (C=O) groups excluding carboxylic acids is 1. The summed E-state index contributed by atoms with van der Waals surface area (Å²) in [5.74, 6) is -1.00. The predicted molar refractivity (Wildman–Crippen MR) is 58.5 cm³/mol. The molecule has 0 aromatic carbocycles. The number of rotatable bonds is 3. The minimum Gasteiger partial charge on any atom is -0.544 e. The highest BCUT2D eigenvalue weighted by molar-refractivity contribution is 5.65. The number of carbonyl (C=O) groups is 1.